The van der Waals surface area contributed by atoms with Crippen LogP contribution in [0.5, 0.6) is 5.75 Å². The fraction of sp³-hybridized carbons (Fsp3) is 0. The van der Waals surface area contributed by atoms with Crippen LogP contribution in [0, 0.1) is 0 Å². The minimum absolute atomic E-state index is 0.242. The van der Waals surface area contributed by atoms with Gasteiger partial charge < -0.3 is 26.8 Å². The number of fused-ring (bicyclic) bond motifs is 1. The molecule has 4 aromatic rings. The standard InChI is InChI=1S/C21H14BrNO2.BF4/c22-15-6-11-20-18(12-15)19(23-16-7-9-17(24)10-8-16)13-21(25-20)14-4-2-1-3-5-14;2-1(3,4)5/h1-13,24H;/q;-1/p+1. The number of halogens is 5. The van der Waals surface area contributed by atoms with E-state index in [9.17, 15) is 22.4 Å². The normalized spacial score (nSPS) is 11.8. The van der Waals surface area contributed by atoms with Crippen LogP contribution < -0.4 is 10.3 Å². The smallest absolute Gasteiger partial charge is 0.508 e. The molecule has 0 atom stereocenters. The van der Waals surface area contributed by atoms with E-state index >= 15 is 0 Å². The number of nitrogens with one attached hydrogen (secondary N) is 1. The summed E-state index contributed by atoms with van der Waals surface area (Å²) < 4.78 is 46.1. The maximum atomic E-state index is 9.75. The van der Waals surface area contributed by atoms with E-state index in [1.54, 1.807) is 12.1 Å². The van der Waals surface area contributed by atoms with Gasteiger partial charge in [0, 0.05) is 22.2 Å². The largest absolute Gasteiger partial charge is 0.673 e. The summed E-state index contributed by atoms with van der Waals surface area (Å²) in [7, 11) is -6.00. The summed E-state index contributed by atoms with van der Waals surface area (Å²) in [6, 6.07) is 24.9. The van der Waals surface area contributed by atoms with Crippen LogP contribution in [0.2, 0.25) is 0 Å². The monoisotopic (exact) mass is 479 g/mol. The van der Waals surface area contributed by atoms with E-state index in [1.807, 2.05) is 66.7 Å². The quantitative estimate of drug-likeness (QED) is 0.236. The summed E-state index contributed by atoms with van der Waals surface area (Å²) in [5.41, 5.74) is 2.70. The maximum absolute atomic E-state index is 9.75. The number of rotatable bonds is 2. The van der Waals surface area contributed by atoms with Crippen LogP contribution in [-0.2, 0) is 0 Å². The van der Waals surface area contributed by atoms with Crippen LogP contribution in [0.4, 0.5) is 23.0 Å². The van der Waals surface area contributed by atoms with Gasteiger partial charge in [0.2, 0.25) is 11.0 Å². The number of benzene rings is 3. The lowest BCUT2D eigenvalue weighted by molar-refractivity contribution is -0.400. The van der Waals surface area contributed by atoms with Crippen LogP contribution in [0.1, 0.15) is 0 Å². The van der Waals surface area contributed by atoms with Gasteiger partial charge in [-0.1, -0.05) is 46.3 Å². The Hall–Kier alpha value is -3.07. The molecule has 0 aliphatic carbocycles. The van der Waals surface area contributed by atoms with E-state index in [-0.39, 0.29) is 5.75 Å². The van der Waals surface area contributed by atoms with Gasteiger partial charge in [-0.3, -0.25) is 0 Å². The predicted octanol–water partition coefficient (Wildman–Crippen LogP) is 5.18. The van der Waals surface area contributed by atoms with Gasteiger partial charge in [0.05, 0.1) is 11.5 Å². The van der Waals surface area contributed by atoms with Crippen LogP contribution in [-0.4, -0.2) is 12.4 Å². The van der Waals surface area contributed by atoms with Gasteiger partial charge in [-0.25, -0.2) is 4.99 Å². The van der Waals surface area contributed by atoms with E-state index in [2.05, 4.69) is 20.9 Å². The molecule has 0 fully saturated rings. The van der Waals surface area contributed by atoms with Crippen molar-refractivity contribution in [1.82, 2.24) is 0 Å². The Morgan fingerprint density at radius 1 is 0.833 bits per heavy atom. The van der Waals surface area contributed by atoms with Crippen molar-refractivity contribution in [2.45, 2.75) is 0 Å². The highest BCUT2D eigenvalue weighted by molar-refractivity contribution is 9.10. The number of aromatic hydroxyl groups is 1. The molecular formula is C21H15BBrF4NO2. The second kappa shape index (κ2) is 9.17. The van der Waals surface area contributed by atoms with Crippen molar-refractivity contribution >= 4 is 39.8 Å². The second-order valence-electron chi connectivity index (χ2n) is 6.20. The van der Waals surface area contributed by atoms with Crippen LogP contribution >= 0.6 is 15.9 Å². The average Bonchev–Trinajstić information content (AvgIpc) is 2.69. The highest BCUT2D eigenvalue weighted by Crippen LogP contribution is 2.23. The predicted molar refractivity (Wildman–Crippen MR) is 111 cm³/mol. The fourth-order valence-corrected chi connectivity index (χ4v) is 3.07. The molecular weight excluding hydrogens is 465 g/mol. The molecule has 3 nitrogen and oxygen atoms in total. The molecule has 0 aliphatic heterocycles. The molecule has 0 saturated heterocycles. The Balaban J connectivity index is 0.000000461. The molecule has 154 valence electrons. The van der Waals surface area contributed by atoms with Crippen molar-refractivity contribution in [1.29, 1.82) is 0 Å². The molecule has 9 heteroatoms. The zero-order valence-corrected chi connectivity index (χ0v) is 16.9. The molecule has 1 heterocycles. The zero-order chi connectivity index (χ0) is 21.7. The van der Waals surface area contributed by atoms with E-state index in [1.165, 1.54) is 0 Å². The number of hydrogen-bond acceptors (Lipinski definition) is 2. The molecule has 0 saturated carbocycles. The van der Waals surface area contributed by atoms with Crippen LogP contribution in [0.3, 0.4) is 0 Å². The van der Waals surface area contributed by atoms with Crippen molar-refractivity contribution in [3.8, 4) is 17.1 Å². The first-order valence-corrected chi connectivity index (χ1v) is 9.53. The summed E-state index contributed by atoms with van der Waals surface area (Å²) in [5.74, 6) is 1.03. The summed E-state index contributed by atoms with van der Waals surface area (Å²) in [5, 5.41) is 11.4. The Bertz CT molecular complexity index is 1200. The molecule has 0 spiro atoms. The number of hydrogen-bond donors (Lipinski definition) is 2. The van der Waals surface area contributed by atoms with E-state index in [0.29, 0.717) is 0 Å². The minimum Gasteiger partial charge on any atom is -0.508 e. The first kappa shape index (κ1) is 21.6. The number of phenols is 1. The van der Waals surface area contributed by atoms with Crippen molar-refractivity contribution in [2.24, 2.45) is 0 Å². The van der Waals surface area contributed by atoms with E-state index in [0.717, 1.165) is 37.8 Å². The van der Waals surface area contributed by atoms with Gasteiger partial charge >= 0.3 is 7.25 Å². The van der Waals surface area contributed by atoms with Crippen LogP contribution in [0.15, 0.2) is 87.8 Å². The van der Waals surface area contributed by atoms with Gasteiger partial charge in [0.25, 0.3) is 0 Å². The molecule has 2 N–H and O–H groups in total. The minimum atomic E-state index is -6.00. The van der Waals surface area contributed by atoms with Gasteiger partial charge in [0.1, 0.15) is 17.1 Å². The molecule has 0 radical (unpaired) electrons. The van der Waals surface area contributed by atoms with Crippen molar-refractivity contribution in [3.63, 3.8) is 0 Å². The topological polar surface area (TPSA) is 47.3 Å². The third kappa shape index (κ3) is 6.22. The second-order valence-corrected chi connectivity index (χ2v) is 7.11. The lowest BCUT2D eigenvalue weighted by Crippen LogP contribution is -2.70. The summed E-state index contributed by atoms with van der Waals surface area (Å²) in [6.07, 6.45) is 0. The molecule has 3 aromatic carbocycles. The average molecular weight is 480 g/mol. The highest BCUT2D eigenvalue weighted by Gasteiger charge is 2.20. The maximum Gasteiger partial charge on any atom is 0.673 e. The van der Waals surface area contributed by atoms with E-state index < -0.39 is 7.25 Å². The molecule has 4 rings (SSSR count). The highest BCUT2D eigenvalue weighted by atomic mass is 79.9. The van der Waals surface area contributed by atoms with Crippen molar-refractivity contribution in [2.75, 3.05) is 0 Å². The first-order valence-electron chi connectivity index (χ1n) is 8.74. The third-order valence-corrected chi connectivity index (χ3v) is 4.42. The Labute approximate surface area is 177 Å². The lowest BCUT2D eigenvalue weighted by atomic mass is 10.1. The summed E-state index contributed by atoms with van der Waals surface area (Å²) in [6.45, 7) is 0. The third-order valence-electron chi connectivity index (χ3n) is 3.93. The van der Waals surface area contributed by atoms with Crippen LogP contribution in [0.25, 0.3) is 22.3 Å². The molecule has 30 heavy (non-hydrogen) atoms. The molecule has 0 amide bonds. The molecule has 0 bridgehead atoms. The van der Waals surface area contributed by atoms with Crippen molar-refractivity contribution < 1.29 is 31.8 Å². The fourth-order valence-electron chi connectivity index (χ4n) is 2.71. The molecule has 0 unspecified atom stereocenters. The summed E-state index contributed by atoms with van der Waals surface area (Å²) in [4.78, 5) is 3.42. The van der Waals surface area contributed by atoms with E-state index in [4.69, 9.17) is 4.42 Å². The molecule has 0 aliphatic rings. The lowest BCUT2D eigenvalue weighted by Gasteiger charge is -2.03. The Morgan fingerprint density at radius 3 is 2.10 bits per heavy atom. The Morgan fingerprint density at radius 2 is 1.47 bits per heavy atom. The van der Waals surface area contributed by atoms with Gasteiger partial charge in [-0.2, -0.15) is 0 Å². The number of phenolic OH excluding ortho intramolecular Hbond substituents is 1. The molecule has 1 aromatic heterocycles. The zero-order valence-electron chi connectivity index (χ0n) is 15.3. The Kier molecular flexibility index (Phi) is 6.61. The van der Waals surface area contributed by atoms with Gasteiger partial charge in [-0.05, 0) is 30.3 Å². The first-order chi connectivity index (χ1) is 14.2. The summed E-state index contributed by atoms with van der Waals surface area (Å²) >= 11 is 3.52. The van der Waals surface area contributed by atoms with Gasteiger partial charge in [0.15, 0.2) is 0 Å². The van der Waals surface area contributed by atoms with Crippen molar-refractivity contribution in [3.05, 3.63) is 88.7 Å². The SMILES string of the molecule is F[B-](F)(F)F.Oc1ccc([NH+]=c2cc(-c3ccccc3)oc3ccc(Br)cc23)cc1. The van der Waals surface area contributed by atoms with Gasteiger partial charge in [-0.15, -0.1) is 0 Å².